The molecule has 0 spiro atoms. The van der Waals surface area contributed by atoms with Crippen molar-refractivity contribution in [3.63, 3.8) is 0 Å². The third kappa shape index (κ3) is 5.37. The van der Waals surface area contributed by atoms with E-state index in [0.717, 1.165) is 10.5 Å². The van der Waals surface area contributed by atoms with Gasteiger partial charge in [0.1, 0.15) is 6.33 Å². The number of aromatic nitrogens is 4. The summed E-state index contributed by atoms with van der Waals surface area (Å²) in [5.74, 6) is 0.925. The van der Waals surface area contributed by atoms with Crippen LogP contribution in [0.15, 0.2) is 64.5 Å². The first-order chi connectivity index (χ1) is 15.8. The van der Waals surface area contributed by atoms with Crippen molar-refractivity contribution >= 4 is 46.5 Å². The Morgan fingerprint density at radius 2 is 1.79 bits per heavy atom. The van der Waals surface area contributed by atoms with Crippen LogP contribution in [-0.2, 0) is 5.75 Å². The number of hydrogen-bond acceptors (Lipinski definition) is 5. The van der Waals surface area contributed by atoms with E-state index in [0.29, 0.717) is 33.6 Å². The molecule has 2 amide bonds. The van der Waals surface area contributed by atoms with E-state index in [4.69, 9.17) is 11.6 Å². The Morgan fingerprint density at radius 3 is 2.48 bits per heavy atom. The van der Waals surface area contributed by atoms with E-state index in [1.54, 1.807) is 34.9 Å². The van der Waals surface area contributed by atoms with Crippen molar-refractivity contribution < 1.29 is 4.79 Å². The average molecular weight is 483 g/mol. The minimum atomic E-state index is -0.353. The highest BCUT2D eigenvalue weighted by atomic mass is 35.5. The zero-order valence-corrected chi connectivity index (χ0v) is 19.9. The normalized spacial score (nSPS) is 11.2. The number of rotatable bonds is 6. The van der Waals surface area contributed by atoms with E-state index in [1.807, 2.05) is 51.1 Å². The van der Waals surface area contributed by atoms with Crippen LogP contribution in [0.25, 0.3) is 5.78 Å². The summed E-state index contributed by atoms with van der Waals surface area (Å²) >= 11 is 7.65. The smallest absolute Gasteiger partial charge is 0.308 e. The SMILES string of the molecule is Cc1ccc(NC(=O)Nc2ccc(SCc3cc(=O)n4c(ncn4C(C)C)n3)cc2)cc1Cl. The average Bonchev–Trinajstić information content (AvgIpc) is 3.21. The second-order valence-corrected chi connectivity index (χ2v) is 9.23. The number of thioether (sulfide) groups is 1. The molecule has 0 saturated carbocycles. The number of carbonyl (C=O) groups is 1. The summed E-state index contributed by atoms with van der Waals surface area (Å²) in [6.07, 6.45) is 1.63. The molecule has 4 aromatic rings. The lowest BCUT2D eigenvalue weighted by Gasteiger charge is -2.10. The summed E-state index contributed by atoms with van der Waals surface area (Å²) in [5, 5.41) is 6.15. The number of amides is 2. The van der Waals surface area contributed by atoms with E-state index in [-0.39, 0.29) is 17.6 Å². The highest BCUT2D eigenvalue weighted by Crippen LogP contribution is 2.24. The molecule has 33 heavy (non-hydrogen) atoms. The third-order valence-corrected chi connectivity index (χ3v) is 6.36. The second-order valence-electron chi connectivity index (χ2n) is 7.77. The highest BCUT2D eigenvalue weighted by molar-refractivity contribution is 7.98. The molecular weight excluding hydrogens is 460 g/mol. The molecule has 0 bridgehead atoms. The van der Waals surface area contributed by atoms with Crippen LogP contribution in [0.3, 0.4) is 0 Å². The lowest BCUT2D eigenvalue weighted by molar-refractivity contribution is 0.262. The highest BCUT2D eigenvalue weighted by Gasteiger charge is 2.11. The van der Waals surface area contributed by atoms with Gasteiger partial charge in [-0.3, -0.25) is 9.48 Å². The van der Waals surface area contributed by atoms with Gasteiger partial charge in [-0.25, -0.2) is 9.78 Å². The largest absolute Gasteiger partial charge is 0.323 e. The molecule has 2 aromatic carbocycles. The van der Waals surface area contributed by atoms with Crippen LogP contribution >= 0.6 is 23.4 Å². The molecule has 0 aliphatic heterocycles. The molecule has 0 saturated heterocycles. The van der Waals surface area contributed by atoms with Gasteiger partial charge in [-0.1, -0.05) is 17.7 Å². The predicted molar refractivity (Wildman–Crippen MR) is 132 cm³/mol. The third-order valence-electron chi connectivity index (χ3n) is 4.91. The number of urea groups is 1. The molecule has 4 rings (SSSR count). The molecule has 0 aliphatic carbocycles. The van der Waals surface area contributed by atoms with Crippen molar-refractivity contribution in [1.29, 1.82) is 0 Å². The zero-order valence-electron chi connectivity index (χ0n) is 18.4. The summed E-state index contributed by atoms with van der Waals surface area (Å²) in [7, 11) is 0. The fourth-order valence-electron chi connectivity index (χ4n) is 3.17. The minimum Gasteiger partial charge on any atom is -0.308 e. The predicted octanol–water partition coefficient (Wildman–Crippen LogP) is 5.37. The van der Waals surface area contributed by atoms with Gasteiger partial charge in [0.2, 0.25) is 0 Å². The molecule has 0 aliphatic rings. The van der Waals surface area contributed by atoms with Crippen molar-refractivity contribution in [2.45, 2.75) is 37.5 Å². The number of nitrogens with one attached hydrogen (secondary N) is 2. The van der Waals surface area contributed by atoms with Gasteiger partial charge < -0.3 is 10.6 Å². The number of nitrogens with zero attached hydrogens (tertiary/aromatic N) is 4. The van der Waals surface area contributed by atoms with Gasteiger partial charge in [-0.05, 0) is 62.7 Å². The maximum atomic E-state index is 12.5. The van der Waals surface area contributed by atoms with E-state index in [2.05, 4.69) is 20.6 Å². The fraction of sp³-hybridized carbons (Fsp3) is 0.217. The number of hydrogen-bond donors (Lipinski definition) is 2. The van der Waals surface area contributed by atoms with Crippen molar-refractivity contribution in [2.24, 2.45) is 0 Å². The Balaban J connectivity index is 1.36. The molecule has 170 valence electrons. The fourth-order valence-corrected chi connectivity index (χ4v) is 4.14. The Morgan fingerprint density at radius 1 is 1.09 bits per heavy atom. The second kappa shape index (κ2) is 9.68. The molecule has 2 N–H and O–H groups in total. The number of benzene rings is 2. The number of fused-ring (bicyclic) bond motifs is 1. The maximum absolute atomic E-state index is 12.5. The Kier molecular flexibility index (Phi) is 6.71. The monoisotopic (exact) mass is 482 g/mol. The molecule has 0 unspecified atom stereocenters. The first-order valence-electron chi connectivity index (χ1n) is 10.3. The number of halogens is 1. The first-order valence-corrected chi connectivity index (χ1v) is 11.7. The number of anilines is 2. The lowest BCUT2D eigenvalue weighted by Crippen LogP contribution is -2.22. The van der Waals surface area contributed by atoms with Crippen LogP contribution in [0.4, 0.5) is 16.2 Å². The van der Waals surface area contributed by atoms with Gasteiger partial charge in [0.25, 0.3) is 11.3 Å². The zero-order chi connectivity index (χ0) is 23.5. The number of aryl methyl sites for hydroxylation is 1. The van der Waals surface area contributed by atoms with Gasteiger partial charge in [0.05, 0.1) is 5.69 Å². The van der Waals surface area contributed by atoms with Crippen molar-refractivity contribution in [1.82, 2.24) is 19.2 Å². The molecule has 0 fully saturated rings. The first kappa shape index (κ1) is 22.9. The maximum Gasteiger partial charge on any atom is 0.323 e. The van der Waals surface area contributed by atoms with Crippen LogP contribution < -0.4 is 16.2 Å². The summed E-state index contributed by atoms with van der Waals surface area (Å²) in [6, 6.07) is 14.1. The molecule has 2 aromatic heterocycles. The van der Waals surface area contributed by atoms with Crippen molar-refractivity contribution in [3.05, 3.63) is 81.5 Å². The van der Waals surface area contributed by atoms with Gasteiger partial charge in [0.15, 0.2) is 0 Å². The topological polar surface area (TPSA) is 93.3 Å². The van der Waals surface area contributed by atoms with Gasteiger partial charge in [-0.2, -0.15) is 9.50 Å². The molecule has 2 heterocycles. The summed E-state index contributed by atoms with van der Waals surface area (Å²) in [4.78, 5) is 34.5. The van der Waals surface area contributed by atoms with E-state index >= 15 is 0 Å². The Labute approximate surface area is 200 Å². The van der Waals surface area contributed by atoms with Crippen molar-refractivity contribution in [3.8, 4) is 0 Å². The van der Waals surface area contributed by atoms with E-state index in [9.17, 15) is 9.59 Å². The quantitative estimate of drug-likeness (QED) is 0.360. The van der Waals surface area contributed by atoms with Crippen LogP contribution in [0.1, 0.15) is 31.1 Å². The standard InChI is InChI=1S/C23H23ClN6O2S/c1-14(2)29-13-25-22-26-18(11-21(31)30(22)29)12-33-19-8-6-16(7-9-19)27-23(32)28-17-5-4-15(3)20(24)10-17/h4-11,13-14H,12H2,1-3H3,(H2,27,28,32). The van der Waals surface area contributed by atoms with Crippen LogP contribution in [0.2, 0.25) is 5.02 Å². The van der Waals surface area contributed by atoms with Crippen LogP contribution in [-0.4, -0.2) is 25.2 Å². The molecule has 0 radical (unpaired) electrons. The van der Waals surface area contributed by atoms with Gasteiger partial charge >= 0.3 is 6.03 Å². The van der Waals surface area contributed by atoms with Crippen molar-refractivity contribution in [2.75, 3.05) is 10.6 Å². The van der Waals surface area contributed by atoms with Crippen LogP contribution in [0, 0.1) is 6.92 Å². The summed E-state index contributed by atoms with van der Waals surface area (Å²) in [6.45, 7) is 5.87. The molecule has 10 heteroatoms. The number of carbonyl (C=O) groups excluding carboxylic acids is 1. The molecule has 0 atom stereocenters. The molecular formula is C23H23ClN6O2S. The lowest BCUT2D eigenvalue weighted by atomic mass is 10.2. The van der Waals surface area contributed by atoms with Crippen LogP contribution in [0.5, 0.6) is 0 Å². The summed E-state index contributed by atoms with van der Waals surface area (Å²) in [5.41, 5.74) is 2.74. The Bertz CT molecular complexity index is 1360. The molecule has 8 nitrogen and oxygen atoms in total. The van der Waals surface area contributed by atoms with E-state index in [1.165, 1.54) is 10.6 Å². The minimum absolute atomic E-state index is 0.110. The Hall–Kier alpha value is -3.30. The summed E-state index contributed by atoms with van der Waals surface area (Å²) < 4.78 is 3.24. The van der Waals surface area contributed by atoms with E-state index < -0.39 is 0 Å². The van der Waals surface area contributed by atoms with Gasteiger partial charge in [-0.15, -0.1) is 11.8 Å². The van der Waals surface area contributed by atoms with Gasteiger partial charge in [0, 0.05) is 39.2 Å².